The van der Waals surface area contributed by atoms with E-state index in [2.05, 4.69) is 28.1 Å². The van der Waals surface area contributed by atoms with Crippen LogP contribution in [0.15, 0.2) is 59.3 Å². The lowest BCUT2D eigenvalue weighted by atomic mass is 9.90. The monoisotopic (exact) mass is 457 g/mol. The molecule has 0 amide bonds. The number of nitrogens with one attached hydrogen (secondary N) is 2. The second-order valence-electron chi connectivity index (χ2n) is 6.48. The van der Waals surface area contributed by atoms with E-state index in [1.807, 2.05) is 0 Å². The van der Waals surface area contributed by atoms with Gasteiger partial charge >= 0.3 is 0 Å². The summed E-state index contributed by atoms with van der Waals surface area (Å²) in [6.07, 6.45) is 4.45. The second kappa shape index (κ2) is 9.06. The molecule has 11 heteroatoms. The molecule has 31 heavy (non-hydrogen) atoms. The molecule has 160 valence electrons. The molecule has 3 heterocycles. The van der Waals surface area contributed by atoms with E-state index in [1.54, 1.807) is 18.2 Å². The van der Waals surface area contributed by atoms with Crippen molar-refractivity contribution in [3.8, 4) is 11.8 Å². The number of aromatic hydroxyl groups is 2. The number of rotatable bonds is 7. The van der Waals surface area contributed by atoms with Crippen molar-refractivity contribution in [3.63, 3.8) is 0 Å². The highest BCUT2D eigenvalue weighted by Gasteiger charge is 2.32. The maximum Gasteiger partial charge on any atom is 0.259 e. The van der Waals surface area contributed by atoms with Gasteiger partial charge in [-0.3, -0.25) is 33.7 Å². The van der Waals surface area contributed by atoms with Crippen molar-refractivity contribution in [2.45, 2.75) is 19.0 Å². The van der Waals surface area contributed by atoms with Crippen molar-refractivity contribution in [1.29, 1.82) is 0 Å². The molecule has 9 nitrogen and oxygen atoms in total. The zero-order valence-electron chi connectivity index (χ0n) is 16.2. The Hall–Kier alpha value is -3.57. The molecule has 3 aromatic heterocycles. The van der Waals surface area contributed by atoms with Crippen molar-refractivity contribution < 1.29 is 10.2 Å². The Morgan fingerprint density at radius 2 is 1.45 bits per heavy atom. The van der Waals surface area contributed by atoms with Crippen LogP contribution in [0.25, 0.3) is 0 Å². The summed E-state index contributed by atoms with van der Waals surface area (Å²) >= 11 is 10.3. The molecule has 0 saturated heterocycles. The topological polar surface area (TPSA) is 129 Å². The SMILES string of the molecule is C=CCn1c(O)c(C(c2ccccn2)c2c(O)n(CC=C)c(=S)[nH]c2=O)c(=O)[nH]c1=S. The van der Waals surface area contributed by atoms with Crippen LogP contribution < -0.4 is 11.1 Å². The fraction of sp³-hybridized carbons (Fsp3) is 0.150. The van der Waals surface area contributed by atoms with Gasteiger partial charge < -0.3 is 10.2 Å². The largest absolute Gasteiger partial charge is 0.494 e. The third-order valence-corrected chi connectivity index (χ3v) is 5.24. The van der Waals surface area contributed by atoms with Crippen LogP contribution in [0.4, 0.5) is 0 Å². The summed E-state index contributed by atoms with van der Waals surface area (Å²) in [6.45, 7) is 7.45. The summed E-state index contributed by atoms with van der Waals surface area (Å²) in [5, 5.41) is 21.9. The first kappa shape index (κ1) is 22.1. The standard InChI is InChI=1S/C20H19N5O4S2/c1-3-9-24-17(28)13(15(26)22-19(24)30)12(11-7-5-6-8-21-11)14-16(27)23-20(31)25(10-4-2)18(14)29/h3-8,12,28-29H,1-2,9-10H2,(H,22,26,30)(H,23,27,31). The predicted octanol–water partition coefficient (Wildman–Crippen LogP) is 2.48. The molecule has 0 bridgehead atoms. The Labute approximate surface area is 186 Å². The van der Waals surface area contributed by atoms with Crippen LogP contribution >= 0.6 is 24.4 Å². The van der Waals surface area contributed by atoms with Crippen molar-refractivity contribution >= 4 is 24.4 Å². The molecular weight excluding hydrogens is 438 g/mol. The first-order chi connectivity index (χ1) is 14.8. The van der Waals surface area contributed by atoms with Crippen molar-refractivity contribution in [2.24, 2.45) is 0 Å². The molecule has 0 radical (unpaired) electrons. The molecule has 0 fully saturated rings. The number of aromatic nitrogens is 5. The quantitative estimate of drug-likeness (QED) is 0.317. The van der Waals surface area contributed by atoms with Crippen LogP contribution in [0.3, 0.4) is 0 Å². The van der Waals surface area contributed by atoms with E-state index in [9.17, 15) is 19.8 Å². The van der Waals surface area contributed by atoms with E-state index in [1.165, 1.54) is 27.5 Å². The van der Waals surface area contributed by atoms with Crippen molar-refractivity contribution in [2.75, 3.05) is 0 Å². The normalized spacial score (nSPS) is 10.9. The highest BCUT2D eigenvalue weighted by molar-refractivity contribution is 7.71. The van der Waals surface area contributed by atoms with Gasteiger partial charge in [-0.25, -0.2) is 0 Å². The number of H-pyrrole nitrogens is 2. The van der Waals surface area contributed by atoms with E-state index in [0.29, 0.717) is 0 Å². The number of hydrogen-bond donors (Lipinski definition) is 4. The van der Waals surface area contributed by atoms with Gasteiger partial charge in [-0.2, -0.15) is 0 Å². The zero-order valence-corrected chi connectivity index (χ0v) is 17.9. The van der Waals surface area contributed by atoms with Crippen molar-refractivity contribution in [3.05, 3.63) is 96.8 Å². The molecule has 0 aliphatic carbocycles. The van der Waals surface area contributed by atoms with Crippen LogP contribution in [0.1, 0.15) is 22.7 Å². The minimum absolute atomic E-state index is 0.0216. The number of pyridine rings is 1. The molecule has 0 aromatic carbocycles. The number of aromatic amines is 2. The Morgan fingerprint density at radius 1 is 0.968 bits per heavy atom. The predicted molar refractivity (Wildman–Crippen MR) is 121 cm³/mol. The summed E-state index contributed by atoms with van der Waals surface area (Å²) in [7, 11) is 0. The number of hydrogen-bond acceptors (Lipinski definition) is 7. The number of allylic oxidation sites excluding steroid dienone is 2. The zero-order chi connectivity index (χ0) is 22.7. The average Bonchev–Trinajstić information content (AvgIpc) is 2.73. The van der Waals surface area contributed by atoms with E-state index in [0.717, 1.165) is 0 Å². The Balaban J connectivity index is 2.48. The van der Waals surface area contributed by atoms with Gasteiger partial charge in [0.25, 0.3) is 11.1 Å². The molecule has 0 unspecified atom stereocenters. The van der Waals surface area contributed by atoms with Gasteiger partial charge in [0.1, 0.15) is 0 Å². The van der Waals surface area contributed by atoms with Crippen LogP contribution in [-0.4, -0.2) is 34.3 Å². The molecule has 3 aromatic rings. The Morgan fingerprint density at radius 3 is 1.84 bits per heavy atom. The van der Waals surface area contributed by atoms with Gasteiger partial charge in [-0.1, -0.05) is 18.2 Å². The minimum Gasteiger partial charge on any atom is -0.494 e. The molecule has 3 rings (SSSR count). The molecule has 0 saturated carbocycles. The summed E-state index contributed by atoms with van der Waals surface area (Å²) in [4.78, 5) is 35.1. The highest BCUT2D eigenvalue weighted by atomic mass is 32.1. The molecular formula is C20H19N5O4S2. The molecule has 0 spiro atoms. The third kappa shape index (κ3) is 4.05. The lowest BCUT2D eigenvalue weighted by Gasteiger charge is -2.21. The van der Waals surface area contributed by atoms with Gasteiger partial charge in [-0.05, 0) is 36.6 Å². The van der Waals surface area contributed by atoms with E-state index < -0.39 is 28.8 Å². The van der Waals surface area contributed by atoms with Crippen LogP contribution in [0.2, 0.25) is 0 Å². The van der Waals surface area contributed by atoms with Crippen LogP contribution in [0, 0.1) is 9.54 Å². The molecule has 0 atom stereocenters. The maximum atomic E-state index is 12.9. The fourth-order valence-corrected chi connectivity index (χ4v) is 3.76. The Kier molecular flexibility index (Phi) is 6.47. The first-order valence-corrected chi connectivity index (χ1v) is 9.88. The smallest absolute Gasteiger partial charge is 0.259 e. The van der Waals surface area contributed by atoms with Gasteiger partial charge in [0, 0.05) is 19.3 Å². The summed E-state index contributed by atoms with van der Waals surface area (Å²) in [6, 6.07) is 4.88. The summed E-state index contributed by atoms with van der Waals surface area (Å²) in [5.41, 5.74) is -1.63. The minimum atomic E-state index is -1.23. The summed E-state index contributed by atoms with van der Waals surface area (Å²) < 4.78 is 2.46. The first-order valence-electron chi connectivity index (χ1n) is 9.06. The molecule has 4 N–H and O–H groups in total. The lowest BCUT2D eigenvalue weighted by Crippen LogP contribution is -2.28. The molecule has 0 aliphatic rings. The van der Waals surface area contributed by atoms with E-state index >= 15 is 0 Å². The van der Waals surface area contributed by atoms with Gasteiger partial charge in [0.05, 0.1) is 22.7 Å². The third-order valence-electron chi connectivity index (χ3n) is 4.60. The Bertz CT molecular complexity index is 1300. The maximum absolute atomic E-state index is 12.9. The molecule has 0 aliphatic heterocycles. The average molecular weight is 458 g/mol. The lowest BCUT2D eigenvalue weighted by molar-refractivity contribution is 0.395. The highest BCUT2D eigenvalue weighted by Crippen LogP contribution is 2.35. The summed E-state index contributed by atoms with van der Waals surface area (Å²) in [5.74, 6) is -2.17. The van der Waals surface area contributed by atoms with E-state index in [-0.39, 0.29) is 39.5 Å². The fourth-order valence-electron chi connectivity index (χ4n) is 3.25. The van der Waals surface area contributed by atoms with Gasteiger partial charge in [-0.15, -0.1) is 13.2 Å². The van der Waals surface area contributed by atoms with Crippen molar-refractivity contribution in [1.82, 2.24) is 24.1 Å². The van der Waals surface area contributed by atoms with Gasteiger partial charge in [0.2, 0.25) is 11.8 Å². The van der Waals surface area contributed by atoms with Gasteiger partial charge in [0.15, 0.2) is 9.54 Å². The number of nitrogens with zero attached hydrogens (tertiary/aromatic N) is 3. The second-order valence-corrected chi connectivity index (χ2v) is 7.25. The van der Waals surface area contributed by atoms with Crippen LogP contribution in [0.5, 0.6) is 11.8 Å². The van der Waals surface area contributed by atoms with E-state index in [4.69, 9.17) is 24.4 Å². The van der Waals surface area contributed by atoms with Crippen LogP contribution in [-0.2, 0) is 13.1 Å².